The predicted octanol–water partition coefficient (Wildman–Crippen LogP) is 4.19. The van der Waals surface area contributed by atoms with Crippen molar-refractivity contribution < 1.29 is 8.78 Å². The first-order chi connectivity index (χ1) is 8.54. The van der Waals surface area contributed by atoms with E-state index in [0.717, 1.165) is 17.7 Å². The molecule has 1 N–H and O–H groups in total. The SMILES string of the molecule is Cc1cc(C)cc(CNc2ccc(F)c(F)c2)c1. The van der Waals surface area contributed by atoms with Crippen LogP contribution in [0.4, 0.5) is 14.5 Å². The van der Waals surface area contributed by atoms with Crippen molar-refractivity contribution in [3.05, 3.63) is 64.7 Å². The Hall–Kier alpha value is -1.90. The molecule has 2 aromatic rings. The van der Waals surface area contributed by atoms with Crippen LogP contribution in [0.25, 0.3) is 0 Å². The van der Waals surface area contributed by atoms with Gasteiger partial charge in [-0.1, -0.05) is 29.3 Å². The molecule has 0 amide bonds. The summed E-state index contributed by atoms with van der Waals surface area (Å²) in [6.07, 6.45) is 0. The maximum Gasteiger partial charge on any atom is 0.160 e. The number of benzene rings is 2. The Kier molecular flexibility index (Phi) is 3.60. The Morgan fingerprint density at radius 1 is 0.889 bits per heavy atom. The summed E-state index contributed by atoms with van der Waals surface area (Å²) in [6, 6.07) is 10.1. The molecular weight excluding hydrogens is 232 g/mol. The van der Waals surface area contributed by atoms with Crippen molar-refractivity contribution >= 4 is 5.69 Å². The quantitative estimate of drug-likeness (QED) is 0.857. The third kappa shape index (κ3) is 3.06. The van der Waals surface area contributed by atoms with Gasteiger partial charge < -0.3 is 5.32 Å². The van der Waals surface area contributed by atoms with Crippen LogP contribution in [0.5, 0.6) is 0 Å². The van der Waals surface area contributed by atoms with Crippen LogP contribution in [0.1, 0.15) is 16.7 Å². The fourth-order valence-electron chi connectivity index (χ4n) is 1.98. The van der Waals surface area contributed by atoms with Crippen LogP contribution in [0.15, 0.2) is 36.4 Å². The molecule has 0 saturated carbocycles. The van der Waals surface area contributed by atoms with Crippen LogP contribution in [-0.4, -0.2) is 0 Å². The molecule has 0 spiro atoms. The maximum absolute atomic E-state index is 13.0. The second-order valence-corrected chi connectivity index (χ2v) is 4.48. The molecule has 18 heavy (non-hydrogen) atoms. The highest BCUT2D eigenvalue weighted by Crippen LogP contribution is 2.15. The minimum atomic E-state index is -0.833. The highest BCUT2D eigenvalue weighted by atomic mass is 19.2. The smallest absolute Gasteiger partial charge is 0.160 e. The van der Waals surface area contributed by atoms with Gasteiger partial charge in [0.05, 0.1) is 0 Å². The van der Waals surface area contributed by atoms with Gasteiger partial charge in [0.2, 0.25) is 0 Å². The Morgan fingerprint density at radius 3 is 2.17 bits per heavy atom. The van der Waals surface area contributed by atoms with Crippen molar-refractivity contribution in [1.82, 2.24) is 0 Å². The number of rotatable bonds is 3. The predicted molar refractivity (Wildman–Crippen MR) is 69.6 cm³/mol. The molecule has 2 rings (SSSR count). The lowest BCUT2D eigenvalue weighted by Crippen LogP contribution is -2.01. The molecule has 94 valence electrons. The average Bonchev–Trinajstić information content (AvgIpc) is 2.29. The summed E-state index contributed by atoms with van der Waals surface area (Å²) in [7, 11) is 0. The minimum Gasteiger partial charge on any atom is -0.381 e. The maximum atomic E-state index is 13.0. The number of aryl methyl sites for hydroxylation is 2. The second kappa shape index (κ2) is 5.17. The van der Waals surface area contributed by atoms with Gasteiger partial charge in [-0.25, -0.2) is 8.78 Å². The van der Waals surface area contributed by atoms with Crippen LogP contribution in [0.2, 0.25) is 0 Å². The molecule has 0 bridgehead atoms. The van der Waals surface area contributed by atoms with Crippen molar-refractivity contribution in [2.45, 2.75) is 20.4 Å². The van der Waals surface area contributed by atoms with Crippen molar-refractivity contribution in [3.63, 3.8) is 0 Å². The van der Waals surface area contributed by atoms with Gasteiger partial charge in [0.1, 0.15) is 0 Å². The fourth-order valence-corrected chi connectivity index (χ4v) is 1.98. The van der Waals surface area contributed by atoms with E-state index in [2.05, 4.69) is 23.5 Å². The molecule has 0 unspecified atom stereocenters. The highest BCUT2D eigenvalue weighted by molar-refractivity contribution is 5.44. The first-order valence-corrected chi connectivity index (χ1v) is 5.81. The molecule has 0 aliphatic rings. The normalized spacial score (nSPS) is 10.4. The van der Waals surface area contributed by atoms with Crippen LogP contribution in [-0.2, 0) is 6.54 Å². The lowest BCUT2D eigenvalue weighted by Gasteiger charge is -2.08. The molecule has 0 aliphatic carbocycles. The van der Waals surface area contributed by atoms with Crippen LogP contribution >= 0.6 is 0 Å². The third-order valence-corrected chi connectivity index (χ3v) is 2.70. The van der Waals surface area contributed by atoms with Gasteiger partial charge in [-0.2, -0.15) is 0 Å². The number of nitrogens with one attached hydrogen (secondary N) is 1. The molecule has 0 saturated heterocycles. The minimum absolute atomic E-state index is 0.577. The summed E-state index contributed by atoms with van der Waals surface area (Å²) >= 11 is 0. The number of anilines is 1. The first kappa shape index (κ1) is 12.6. The summed E-state index contributed by atoms with van der Waals surface area (Å²) in [5.41, 5.74) is 4.08. The van der Waals surface area contributed by atoms with Crippen molar-refractivity contribution in [2.24, 2.45) is 0 Å². The van der Waals surface area contributed by atoms with Crippen molar-refractivity contribution in [1.29, 1.82) is 0 Å². The van der Waals surface area contributed by atoms with E-state index in [4.69, 9.17) is 0 Å². The standard InChI is InChI=1S/C15H15F2N/c1-10-5-11(2)7-12(6-10)9-18-13-3-4-14(16)15(17)8-13/h3-8,18H,9H2,1-2H3. The van der Waals surface area contributed by atoms with Gasteiger partial charge in [0.15, 0.2) is 11.6 Å². The summed E-state index contributed by atoms with van der Waals surface area (Å²) in [4.78, 5) is 0. The van der Waals surface area contributed by atoms with Crippen molar-refractivity contribution in [2.75, 3.05) is 5.32 Å². The fraction of sp³-hybridized carbons (Fsp3) is 0.200. The molecular formula is C15H15F2N. The zero-order valence-corrected chi connectivity index (χ0v) is 10.4. The Labute approximate surface area is 105 Å². The lowest BCUT2D eigenvalue weighted by atomic mass is 10.1. The lowest BCUT2D eigenvalue weighted by molar-refractivity contribution is 0.509. The topological polar surface area (TPSA) is 12.0 Å². The van der Waals surface area contributed by atoms with Gasteiger partial charge in [-0.05, 0) is 31.5 Å². The molecule has 0 aromatic heterocycles. The van der Waals surface area contributed by atoms with Crippen LogP contribution in [0.3, 0.4) is 0 Å². The summed E-state index contributed by atoms with van der Waals surface area (Å²) in [5.74, 6) is -1.66. The number of halogens is 2. The van der Waals surface area contributed by atoms with E-state index in [1.54, 1.807) is 0 Å². The third-order valence-electron chi connectivity index (χ3n) is 2.70. The molecule has 0 aliphatic heterocycles. The van der Waals surface area contributed by atoms with E-state index in [0.29, 0.717) is 12.2 Å². The van der Waals surface area contributed by atoms with E-state index < -0.39 is 11.6 Å². The molecule has 3 heteroatoms. The summed E-state index contributed by atoms with van der Waals surface area (Å²) in [6.45, 7) is 4.66. The van der Waals surface area contributed by atoms with Crippen LogP contribution in [0, 0.1) is 25.5 Å². The Balaban J connectivity index is 2.08. The zero-order valence-electron chi connectivity index (χ0n) is 10.4. The molecule has 1 nitrogen and oxygen atoms in total. The Bertz CT molecular complexity index is 544. The molecule has 0 heterocycles. The zero-order chi connectivity index (χ0) is 13.1. The number of hydrogen-bond acceptors (Lipinski definition) is 1. The first-order valence-electron chi connectivity index (χ1n) is 5.81. The molecule has 0 fully saturated rings. The van der Waals surface area contributed by atoms with E-state index in [1.165, 1.54) is 17.2 Å². The average molecular weight is 247 g/mol. The van der Waals surface area contributed by atoms with E-state index in [-0.39, 0.29) is 0 Å². The molecule has 0 radical (unpaired) electrons. The summed E-state index contributed by atoms with van der Waals surface area (Å²) < 4.78 is 25.8. The van der Waals surface area contributed by atoms with Gasteiger partial charge in [0, 0.05) is 18.3 Å². The van der Waals surface area contributed by atoms with E-state index >= 15 is 0 Å². The summed E-state index contributed by atoms with van der Waals surface area (Å²) in [5, 5.41) is 3.08. The molecule has 0 atom stereocenters. The van der Waals surface area contributed by atoms with E-state index in [9.17, 15) is 8.78 Å². The van der Waals surface area contributed by atoms with Crippen molar-refractivity contribution in [3.8, 4) is 0 Å². The van der Waals surface area contributed by atoms with Gasteiger partial charge in [-0.15, -0.1) is 0 Å². The number of hydrogen-bond donors (Lipinski definition) is 1. The van der Waals surface area contributed by atoms with E-state index in [1.807, 2.05) is 13.8 Å². The highest BCUT2D eigenvalue weighted by Gasteiger charge is 2.02. The molecule has 2 aromatic carbocycles. The monoisotopic (exact) mass is 247 g/mol. The van der Waals surface area contributed by atoms with Gasteiger partial charge in [0.25, 0.3) is 0 Å². The largest absolute Gasteiger partial charge is 0.381 e. The second-order valence-electron chi connectivity index (χ2n) is 4.48. The van der Waals surface area contributed by atoms with Gasteiger partial charge in [-0.3, -0.25) is 0 Å². The Morgan fingerprint density at radius 2 is 1.56 bits per heavy atom. The van der Waals surface area contributed by atoms with Gasteiger partial charge >= 0.3 is 0 Å². The van der Waals surface area contributed by atoms with Crippen LogP contribution < -0.4 is 5.32 Å².